The van der Waals surface area contributed by atoms with Gasteiger partial charge in [0.1, 0.15) is 11.5 Å². The molecule has 0 saturated heterocycles. The van der Waals surface area contributed by atoms with E-state index in [4.69, 9.17) is 9.47 Å². The van der Waals surface area contributed by atoms with Crippen molar-refractivity contribution in [1.82, 2.24) is 10.3 Å². The van der Waals surface area contributed by atoms with Crippen molar-refractivity contribution in [2.24, 2.45) is 0 Å². The van der Waals surface area contributed by atoms with E-state index in [-0.39, 0.29) is 4.87 Å². The van der Waals surface area contributed by atoms with Crippen LogP contribution in [-0.2, 0) is 6.54 Å². The molecule has 114 valence electrons. The van der Waals surface area contributed by atoms with Gasteiger partial charge < -0.3 is 24.9 Å². The third-order valence-electron chi connectivity index (χ3n) is 3.02. The molecule has 1 aromatic carbocycles. The number of thiazole rings is 1. The number of methoxy groups -OCH3 is 2. The Labute approximate surface area is 126 Å². The van der Waals surface area contributed by atoms with Crippen LogP contribution in [0.2, 0.25) is 0 Å². The van der Waals surface area contributed by atoms with Crippen molar-refractivity contribution in [2.75, 3.05) is 20.8 Å². The number of rotatable bonds is 7. The standard InChI is InChI=1S/C14H18N2O4S/c1-19-10-3-4-13(20-2)11(5-10)12(17)7-15-6-9-8-21-14(18)16-9/h3-5,8,12,15,17H,6-7H2,1-2H3,(H,16,18). The number of hydrogen-bond acceptors (Lipinski definition) is 6. The molecule has 7 heteroatoms. The summed E-state index contributed by atoms with van der Waals surface area (Å²) in [7, 11) is 3.13. The lowest BCUT2D eigenvalue weighted by Crippen LogP contribution is -2.22. The summed E-state index contributed by atoms with van der Waals surface area (Å²) in [6, 6.07) is 5.28. The first-order chi connectivity index (χ1) is 10.1. The normalized spacial score (nSPS) is 12.1. The number of nitrogens with one attached hydrogen (secondary N) is 2. The molecule has 0 aliphatic rings. The number of ether oxygens (including phenoxy) is 2. The number of aromatic nitrogens is 1. The summed E-state index contributed by atoms with van der Waals surface area (Å²) in [5.41, 5.74) is 1.46. The molecule has 0 saturated carbocycles. The highest BCUT2D eigenvalue weighted by atomic mass is 32.1. The molecule has 0 bridgehead atoms. The molecule has 0 aliphatic carbocycles. The van der Waals surface area contributed by atoms with Crippen LogP contribution in [0.1, 0.15) is 17.4 Å². The molecule has 0 aliphatic heterocycles. The number of aliphatic hydroxyl groups is 1. The van der Waals surface area contributed by atoms with Crippen molar-refractivity contribution in [2.45, 2.75) is 12.6 Å². The van der Waals surface area contributed by atoms with Crippen LogP contribution < -0.4 is 19.7 Å². The number of benzene rings is 1. The van der Waals surface area contributed by atoms with Crippen molar-refractivity contribution < 1.29 is 14.6 Å². The quantitative estimate of drug-likeness (QED) is 0.717. The van der Waals surface area contributed by atoms with Crippen molar-refractivity contribution in [3.8, 4) is 11.5 Å². The Kier molecular flexibility index (Phi) is 5.38. The van der Waals surface area contributed by atoms with Gasteiger partial charge in [-0.25, -0.2) is 0 Å². The molecule has 1 aromatic heterocycles. The Hall–Kier alpha value is -1.83. The lowest BCUT2D eigenvalue weighted by molar-refractivity contribution is 0.169. The SMILES string of the molecule is COc1ccc(OC)c(C(O)CNCc2csc(=O)[nH]2)c1. The highest BCUT2D eigenvalue weighted by molar-refractivity contribution is 7.07. The molecular formula is C14H18N2O4S. The fraction of sp³-hybridized carbons (Fsp3) is 0.357. The van der Waals surface area contributed by atoms with Gasteiger partial charge in [-0.05, 0) is 18.2 Å². The predicted molar refractivity (Wildman–Crippen MR) is 81.2 cm³/mol. The predicted octanol–water partition coefficient (Wildman–Crippen LogP) is 1.28. The smallest absolute Gasteiger partial charge is 0.304 e. The zero-order valence-corrected chi connectivity index (χ0v) is 12.7. The van der Waals surface area contributed by atoms with E-state index in [1.165, 1.54) is 0 Å². The Bertz CT molecular complexity index is 638. The van der Waals surface area contributed by atoms with Crippen LogP contribution in [0.3, 0.4) is 0 Å². The molecule has 1 atom stereocenters. The van der Waals surface area contributed by atoms with Crippen molar-refractivity contribution in [3.05, 3.63) is 44.5 Å². The fourth-order valence-electron chi connectivity index (χ4n) is 1.95. The number of aromatic amines is 1. The zero-order chi connectivity index (χ0) is 15.2. The first kappa shape index (κ1) is 15.6. The summed E-state index contributed by atoms with van der Waals surface area (Å²) in [6.45, 7) is 0.823. The molecule has 3 N–H and O–H groups in total. The van der Waals surface area contributed by atoms with Crippen molar-refractivity contribution in [1.29, 1.82) is 0 Å². The molecular weight excluding hydrogens is 292 g/mol. The Morgan fingerprint density at radius 3 is 2.81 bits per heavy atom. The molecule has 0 fully saturated rings. The minimum atomic E-state index is -0.736. The van der Waals surface area contributed by atoms with Gasteiger partial charge in [-0.1, -0.05) is 11.3 Å². The number of aliphatic hydroxyl groups excluding tert-OH is 1. The van der Waals surface area contributed by atoms with Gasteiger partial charge in [-0.2, -0.15) is 0 Å². The van der Waals surface area contributed by atoms with Gasteiger partial charge in [0.15, 0.2) is 0 Å². The van der Waals surface area contributed by atoms with Gasteiger partial charge in [0.05, 0.1) is 20.3 Å². The van der Waals surface area contributed by atoms with E-state index in [0.29, 0.717) is 30.2 Å². The fourth-order valence-corrected chi connectivity index (χ4v) is 2.54. The largest absolute Gasteiger partial charge is 0.497 e. The van der Waals surface area contributed by atoms with E-state index in [9.17, 15) is 9.90 Å². The van der Waals surface area contributed by atoms with Crippen LogP contribution >= 0.6 is 11.3 Å². The number of hydrogen-bond donors (Lipinski definition) is 3. The van der Waals surface area contributed by atoms with E-state index in [1.807, 2.05) is 0 Å². The van der Waals surface area contributed by atoms with Crippen LogP contribution in [0.5, 0.6) is 11.5 Å². The Morgan fingerprint density at radius 2 is 2.19 bits per heavy atom. The van der Waals surface area contributed by atoms with Gasteiger partial charge in [0.2, 0.25) is 0 Å². The number of H-pyrrole nitrogens is 1. The Balaban J connectivity index is 1.98. The summed E-state index contributed by atoms with van der Waals surface area (Å²) < 4.78 is 10.4. The zero-order valence-electron chi connectivity index (χ0n) is 11.9. The summed E-state index contributed by atoms with van der Waals surface area (Å²) in [5.74, 6) is 1.26. The third kappa shape index (κ3) is 4.07. The second kappa shape index (κ2) is 7.26. The average molecular weight is 310 g/mol. The van der Waals surface area contributed by atoms with E-state index in [1.54, 1.807) is 37.8 Å². The summed E-state index contributed by atoms with van der Waals surface area (Å²) >= 11 is 1.12. The van der Waals surface area contributed by atoms with Crippen molar-refractivity contribution >= 4 is 11.3 Å². The first-order valence-corrected chi connectivity index (χ1v) is 7.29. The lowest BCUT2D eigenvalue weighted by Gasteiger charge is -2.16. The third-order valence-corrected chi connectivity index (χ3v) is 3.74. The molecule has 6 nitrogen and oxygen atoms in total. The summed E-state index contributed by atoms with van der Waals surface area (Å²) in [5, 5.41) is 15.1. The second-order valence-corrected chi connectivity index (χ2v) is 5.27. The topological polar surface area (TPSA) is 83.6 Å². The lowest BCUT2D eigenvalue weighted by atomic mass is 10.1. The van der Waals surface area contributed by atoms with Crippen molar-refractivity contribution in [3.63, 3.8) is 0 Å². The van der Waals surface area contributed by atoms with Gasteiger partial charge in [-0.15, -0.1) is 0 Å². The van der Waals surface area contributed by atoms with Gasteiger partial charge in [-0.3, -0.25) is 4.79 Å². The second-order valence-electron chi connectivity index (χ2n) is 4.43. The molecule has 0 amide bonds. The van der Waals surface area contributed by atoms with Crippen LogP contribution in [0.15, 0.2) is 28.4 Å². The van der Waals surface area contributed by atoms with Crippen LogP contribution in [0.4, 0.5) is 0 Å². The van der Waals surface area contributed by atoms with Crippen LogP contribution in [-0.4, -0.2) is 30.9 Å². The molecule has 2 aromatic rings. The maximum atomic E-state index is 11.0. The summed E-state index contributed by atoms with van der Waals surface area (Å²) in [6.07, 6.45) is -0.736. The molecule has 2 rings (SSSR count). The van der Waals surface area contributed by atoms with Gasteiger partial charge in [0.25, 0.3) is 0 Å². The van der Waals surface area contributed by atoms with Gasteiger partial charge >= 0.3 is 4.87 Å². The molecule has 1 unspecified atom stereocenters. The molecule has 0 radical (unpaired) electrons. The first-order valence-electron chi connectivity index (χ1n) is 6.41. The monoisotopic (exact) mass is 310 g/mol. The average Bonchev–Trinajstić information content (AvgIpc) is 2.91. The van der Waals surface area contributed by atoms with Crippen LogP contribution in [0.25, 0.3) is 0 Å². The van der Waals surface area contributed by atoms with E-state index in [2.05, 4.69) is 10.3 Å². The van der Waals surface area contributed by atoms with Gasteiger partial charge in [0, 0.05) is 29.7 Å². The molecule has 21 heavy (non-hydrogen) atoms. The summed E-state index contributed by atoms with van der Waals surface area (Å²) in [4.78, 5) is 13.6. The minimum absolute atomic E-state index is 0.0817. The Morgan fingerprint density at radius 1 is 1.38 bits per heavy atom. The van der Waals surface area contributed by atoms with E-state index in [0.717, 1.165) is 17.0 Å². The maximum absolute atomic E-state index is 11.0. The molecule has 0 spiro atoms. The molecule has 1 heterocycles. The van der Waals surface area contributed by atoms with E-state index < -0.39 is 6.10 Å². The minimum Gasteiger partial charge on any atom is -0.497 e. The van der Waals surface area contributed by atoms with E-state index >= 15 is 0 Å². The highest BCUT2D eigenvalue weighted by Gasteiger charge is 2.14. The maximum Gasteiger partial charge on any atom is 0.304 e. The highest BCUT2D eigenvalue weighted by Crippen LogP contribution is 2.29. The van der Waals surface area contributed by atoms with Crippen LogP contribution in [0, 0.1) is 0 Å².